The monoisotopic (exact) mass is 336 g/mol. The van der Waals surface area contributed by atoms with Crippen LogP contribution in [0.5, 0.6) is 0 Å². The van der Waals surface area contributed by atoms with E-state index in [1.54, 1.807) is 6.07 Å². The summed E-state index contributed by atoms with van der Waals surface area (Å²) in [4.78, 5) is 17.9. The molecule has 0 spiro atoms. The second-order valence-corrected chi connectivity index (χ2v) is 4.77. The summed E-state index contributed by atoms with van der Waals surface area (Å²) in [5.74, 6) is 0. The molecule has 0 fully saturated rings. The smallest absolute Gasteiger partial charge is 0.259 e. The molecule has 0 unspecified atom stereocenters. The SMILES string of the molecule is O=c1[nH]c(Cl)nc2c(Br)cc(Br)cc12. The van der Waals surface area contributed by atoms with Crippen LogP contribution in [-0.4, -0.2) is 9.97 Å². The molecule has 2 aromatic rings. The maximum atomic E-state index is 11.5. The van der Waals surface area contributed by atoms with E-state index in [1.165, 1.54) is 0 Å². The predicted octanol–water partition coefficient (Wildman–Crippen LogP) is 3.10. The van der Waals surface area contributed by atoms with Crippen molar-refractivity contribution < 1.29 is 0 Å². The lowest BCUT2D eigenvalue weighted by molar-refractivity contribution is 1.17. The van der Waals surface area contributed by atoms with Gasteiger partial charge in [0.1, 0.15) is 0 Å². The Kier molecular flexibility index (Phi) is 2.64. The summed E-state index contributed by atoms with van der Waals surface area (Å²) in [6.45, 7) is 0. The number of aromatic nitrogens is 2. The van der Waals surface area contributed by atoms with Gasteiger partial charge in [0.15, 0.2) is 0 Å². The summed E-state index contributed by atoms with van der Waals surface area (Å²) in [7, 11) is 0. The van der Waals surface area contributed by atoms with Crippen LogP contribution < -0.4 is 5.56 Å². The molecule has 0 bridgehead atoms. The maximum Gasteiger partial charge on any atom is 0.259 e. The van der Waals surface area contributed by atoms with Crippen molar-refractivity contribution in [2.75, 3.05) is 0 Å². The third-order valence-electron chi connectivity index (χ3n) is 1.70. The molecule has 0 saturated carbocycles. The topological polar surface area (TPSA) is 45.8 Å². The van der Waals surface area contributed by atoms with E-state index >= 15 is 0 Å². The van der Waals surface area contributed by atoms with E-state index in [0.717, 1.165) is 8.95 Å². The molecule has 0 aliphatic heterocycles. The number of aromatic amines is 1. The maximum absolute atomic E-state index is 11.5. The van der Waals surface area contributed by atoms with Gasteiger partial charge in [0.05, 0.1) is 10.9 Å². The molecule has 0 aliphatic carbocycles. The third-order valence-corrected chi connectivity index (χ3v) is 2.94. The number of nitrogens with one attached hydrogen (secondary N) is 1. The van der Waals surface area contributed by atoms with Gasteiger partial charge in [0, 0.05) is 8.95 Å². The summed E-state index contributed by atoms with van der Waals surface area (Å²) in [5.41, 5.74) is 0.309. The molecule has 1 heterocycles. The lowest BCUT2D eigenvalue weighted by atomic mass is 10.2. The van der Waals surface area contributed by atoms with E-state index < -0.39 is 0 Å². The van der Waals surface area contributed by atoms with Gasteiger partial charge >= 0.3 is 0 Å². The molecule has 0 amide bonds. The molecule has 14 heavy (non-hydrogen) atoms. The standard InChI is InChI=1S/C8H3Br2ClN2O/c9-3-1-4-6(5(10)2-3)12-8(11)13-7(4)14/h1-2H,(H,12,13,14). The average molecular weight is 338 g/mol. The van der Waals surface area contributed by atoms with Crippen LogP contribution in [0.3, 0.4) is 0 Å². The van der Waals surface area contributed by atoms with Crippen molar-refractivity contribution in [2.45, 2.75) is 0 Å². The molecule has 1 aromatic heterocycles. The van der Waals surface area contributed by atoms with Gasteiger partial charge in [-0.25, -0.2) is 4.98 Å². The lowest BCUT2D eigenvalue weighted by Crippen LogP contribution is -2.07. The van der Waals surface area contributed by atoms with Gasteiger partial charge in [-0.1, -0.05) is 15.9 Å². The van der Waals surface area contributed by atoms with E-state index in [9.17, 15) is 4.79 Å². The Morgan fingerprint density at radius 3 is 2.79 bits per heavy atom. The van der Waals surface area contributed by atoms with Crippen molar-refractivity contribution in [3.8, 4) is 0 Å². The van der Waals surface area contributed by atoms with E-state index in [2.05, 4.69) is 41.8 Å². The van der Waals surface area contributed by atoms with Crippen molar-refractivity contribution in [3.05, 3.63) is 36.7 Å². The van der Waals surface area contributed by atoms with E-state index in [0.29, 0.717) is 10.9 Å². The normalized spacial score (nSPS) is 10.8. The Bertz CT molecular complexity index is 567. The quantitative estimate of drug-likeness (QED) is 0.750. The van der Waals surface area contributed by atoms with Crippen molar-refractivity contribution >= 4 is 54.4 Å². The van der Waals surface area contributed by atoms with Gasteiger partial charge in [-0.15, -0.1) is 0 Å². The van der Waals surface area contributed by atoms with Crippen LogP contribution in [0.1, 0.15) is 0 Å². The first kappa shape index (κ1) is 10.1. The highest BCUT2D eigenvalue weighted by atomic mass is 79.9. The molecular formula is C8H3Br2ClN2O. The molecule has 0 atom stereocenters. The minimum atomic E-state index is -0.248. The number of fused-ring (bicyclic) bond motifs is 1. The molecule has 3 nitrogen and oxygen atoms in total. The van der Waals surface area contributed by atoms with E-state index in [1.807, 2.05) is 6.07 Å². The van der Waals surface area contributed by atoms with Gasteiger partial charge in [-0.2, -0.15) is 0 Å². The first-order valence-corrected chi connectivity index (χ1v) is 5.59. The molecule has 6 heteroatoms. The van der Waals surface area contributed by atoms with Gasteiger partial charge in [0.2, 0.25) is 5.28 Å². The average Bonchev–Trinajstić information content (AvgIpc) is 2.07. The minimum Gasteiger partial charge on any atom is -0.297 e. The zero-order chi connectivity index (χ0) is 10.3. The number of hydrogen-bond acceptors (Lipinski definition) is 2. The van der Waals surface area contributed by atoms with Crippen molar-refractivity contribution in [2.24, 2.45) is 0 Å². The van der Waals surface area contributed by atoms with Crippen LogP contribution in [0, 0.1) is 0 Å². The Balaban J connectivity index is 3.02. The first-order chi connectivity index (χ1) is 6.58. The van der Waals surface area contributed by atoms with Crippen LogP contribution >= 0.6 is 43.5 Å². The highest BCUT2D eigenvalue weighted by Gasteiger charge is 2.06. The van der Waals surface area contributed by atoms with Crippen molar-refractivity contribution in [3.63, 3.8) is 0 Å². The Hall–Kier alpha value is -0.390. The highest BCUT2D eigenvalue weighted by Crippen LogP contribution is 2.25. The number of benzene rings is 1. The Morgan fingerprint density at radius 1 is 1.36 bits per heavy atom. The van der Waals surface area contributed by atoms with Crippen molar-refractivity contribution in [1.82, 2.24) is 9.97 Å². The van der Waals surface area contributed by atoms with Gasteiger partial charge in [0.25, 0.3) is 5.56 Å². The first-order valence-electron chi connectivity index (χ1n) is 3.62. The molecular weight excluding hydrogens is 335 g/mol. The zero-order valence-corrected chi connectivity index (χ0v) is 10.6. The number of H-pyrrole nitrogens is 1. The number of nitrogens with zero attached hydrogens (tertiary/aromatic N) is 1. The fourth-order valence-corrected chi connectivity index (χ4v) is 2.62. The van der Waals surface area contributed by atoms with Crippen LogP contribution in [0.15, 0.2) is 25.9 Å². The number of halogens is 3. The molecule has 72 valence electrons. The van der Waals surface area contributed by atoms with E-state index in [-0.39, 0.29) is 10.8 Å². The molecule has 2 rings (SSSR count). The van der Waals surface area contributed by atoms with Crippen LogP contribution in [0.2, 0.25) is 5.28 Å². The number of hydrogen-bond donors (Lipinski definition) is 1. The number of rotatable bonds is 0. The summed E-state index contributed by atoms with van der Waals surface area (Å²) < 4.78 is 1.54. The summed E-state index contributed by atoms with van der Waals surface area (Å²) in [6, 6.07) is 3.51. The van der Waals surface area contributed by atoms with E-state index in [4.69, 9.17) is 11.6 Å². The fourth-order valence-electron chi connectivity index (χ4n) is 1.14. The molecule has 0 saturated heterocycles. The van der Waals surface area contributed by atoms with Crippen molar-refractivity contribution in [1.29, 1.82) is 0 Å². The highest BCUT2D eigenvalue weighted by molar-refractivity contribution is 9.11. The lowest BCUT2D eigenvalue weighted by Gasteiger charge is -2.00. The predicted molar refractivity (Wildman–Crippen MR) is 62.8 cm³/mol. The second-order valence-electron chi connectivity index (χ2n) is 2.64. The van der Waals surface area contributed by atoms with Crippen LogP contribution in [0.4, 0.5) is 0 Å². The molecule has 0 aliphatic rings. The zero-order valence-electron chi connectivity index (χ0n) is 6.64. The second kappa shape index (κ2) is 3.64. The van der Waals surface area contributed by atoms with Gasteiger partial charge in [-0.3, -0.25) is 9.78 Å². The molecule has 1 N–H and O–H groups in total. The fraction of sp³-hybridized carbons (Fsp3) is 0. The van der Waals surface area contributed by atoms with Gasteiger partial charge in [-0.05, 0) is 39.7 Å². The summed E-state index contributed by atoms with van der Waals surface area (Å²) in [6.07, 6.45) is 0. The Morgan fingerprint density at radius 2 is 2.07 bits per heavy atom. The Labute approximate surface area is 101 Å². The molecule has 1 aromatic carbocycles. The van der Waals surface area contributed by atoms with Crippen LogP contribution in [0.25, 0.3) is 10.9 Å². The minimum absolute atomic E-state index is 0.0884. The third kappa shape index (κ3) is 1.71. The summed E-state index contributed by atoms with van der Waals surface area (Å²) in [5, 5.41) is 0.584. The summed E-state index contributed by atoms with van der Waals surface area (Å²) >= 11 is 12.2. The molecule has 0 radical (unpaired) electrons. The largest absolute Gasteiger partial charge is 0.297 e. The van der Waals surface area contributed by atoms with Gasteiger partial charge < -0.3 is 0 Å². The van der Waals surface area contributed by atoms with Crippen LogP contribution in [-0.2, 0) is 0 Å².